The van der Waals surface area contributed by atoms with Gasteiger partial charge in [0.25, 0.3) is 5.91 Å². The Kier molecular flexibility index (Phi) is 3.90. The van der Waals surface area contributed by atoms with Gasteiger partial charge in [-0.1, -0.05) is 28.1 Å². The van der Waals surface area contributed by atoms with Crippen molar-refractivity contribution < 1.29 is 4.79 Å². The summed E-state index contributed by atoms with van der Waals surface area (Å²) in [5, 5.41) is 11.8. The van der Waals surface area contributed by atoms with Crippen LogP contribution >= 0.6 is 27.3 Å². The number of rotatable bonds is 3. The van der Waals surface area contributed by atoms with Gasteiger partial charge in [0.15, 0.2) is 5.69 Å². The lowest BCUT2D eigenvalue weighted by atomic mass is 10.2. The summed E-state index contributed by atoms with van der Waals surface area (Å²) in [5.41, 5.74) is 2.99. The Morgan fingerprint density at radius 3 is 2.95 bits per heavy atom. The molecule has 0 aliphatic rings. The standard InChI is InChI=1S/C15H12BrN3OS/c1-9-4-5-10(16)7-11(9)17-15(20)13-8-12(18-19-13)14-3-2-6-21-14/h2-8H,1H3,(H,17,20)(H,18,19). The molecule has 6 heteroatoms. The Labute approximate surface area is 134 Å². The van der Waals surface area contributed by atoms with Gasteiger partial charge in [-0.15, -0.1) is 11.3 Å². The van der Waals surface area contributed by atoms with Crippen molar-refractivity contribution in [3.05, 3.63) is 57.5 Å². The van der Waals surface area contributed by atoms with Crippen molar-refractivity contribution >= 4 is 38.9 Å². The largest absolute Gasteiger partial charge is 0.320 e. The van der Waals surface area contributed by atoms with E-state index in [1.54, 1.807) is 17.4 Å². The summed E-state index contributed by atoms with van der Waals surface area (Å²) in [5.74, 6) is -0.227. The van der Waals surface area contributed by atoms with Crippen molar-refractivity contribution in [2.75, 3.05) is 5.32 Å². The molecule has 1 amide bonds. The molecule has 2 heterocycles. The van der Waals surface area contributed by atoms with Gasteiger partial charge in [0.1, 0.15) is 0 Å². The third kappa shape index (κ3) is 3.06. The van der Waals surface area contributed by atoms with Gasteiger partial charge >= 0.3 is 0 Å². The molecule has 0 atom stereocenters. The number of benzene rings is 1. The van der Waals surface area contributed by atoms with Crippen LogP contribution in [0.2, 0.25) is 0 Å². The number of hydrogen-bond donors (Lipinski definition) is 2. The number of nitrogens with zero attached hydrogens (tertiary/aromatic N) is 1. The molecule has 0 bridgehead atoms. The first kappa shape index (κ1) is 14.0. The van der Waals surface area contributed by atoms with Crippen molar-refractivity contribution in [2.45, 2.75) is 6.92 Å². The normalized spacial score (nSPS) is 10.6. The van der Waals surface area contributed by atoms with Crippen LogP contribution in [0.25, 0.3) is 10.6 Å². The average molecular weight is 362 g/mol. The SMILES string of the molecule is Cc1ccc(Br)cc1NC(=O)c1cc(-c2cccs2)[nH]n1. The van der Waals surface area contributed by atoms with Crippen molar-refractivity contribution in [3.8, 4) is 10.6 Å². The molecule has 0 aliphatic heterocycles. The van der Waals surface area contributed by atoms with E-state index in [-0.39, 0.29) is 5.91 Å². The molecule has 106 valence electrons. The van der Waals surface area contributed by atoms with E-state index in [9.17, 15) is 4.79 Å². The molecule has 3 rings (SSSR count). The van der Waals surface area contributed by atoms with Crippen LogP contribution in [-0.4, -0.2) is 16.1 Å². The highest BCUT2D eigenvalue weighted by Crippen LogP contribution is 2.24. The van der Waals surface area contributed by atoms with Crippen LogP contribution in [0.15, 0.2) is 46.3 Å². The van der Waals surface area contributed by atoms with Crippen LogP contribution < -0.4 is 5.32 Å². The predicted octanol–water partition coefficient (Wildman–Crippen LogP) is 4.46. The predicted molar refractivity (Wildman–Crippen MR) is 88.7 cm³/mol. The third-order valence-corrected chi connectivity index (χ3v) is 4.44. The fourth-order valence-corrected chi connectivity index (χ4v) is 2.96. The van der Waals surface area contributed by atoms with E-state index in [0.29, 0.717) is 5.69 Å². The van der Waals surface area contributed by atoms with Gasteiger partial charge in [-0.2, -0.15) is 5.10 Å². The van der Waals surface area contributed by atoms with Gasteiger partial charge in [0.05, 0.1) is 10.6 Å². The Morgan fingerprint density at radius 1 is 1.33 bits per heavy atom. The fraction of sp³-hybridized carbons (Fsp3) is 0.0667. The number of carbonyl (C=O) groups is 1. The van der Waals surface area contributed by atoms with Crippen LogP contribution in [-0.2, 0) is 0 Å². The number of H-pyrrole nitrogens is 1. The first-order valence-corrected chi connectivity index (χ1v) is 7.97. The number of thiophene rings is 1. The lowest BCUT2D eigenvalue weighted by Crippen LogP contribution is -2.13. The maximum absolute atomic E-state index is 12.3. The van der Waals surface area contributed by atoms with Gasteiger partial charge in [-0.05, 0) is 42.1 Å². The summed E-state index contributed by atoms with van der Waals surface area (Å²) in [6.07, 6.45) is 0. The first-order valence-electron chi connectivity index (χ1n) is 6.30. The second-order valence-corrected chi connectivity index (χ2v) is 6.42. The second-order valence-electron chi connectivity index (χ2n) is 4.56. The van der Waals surface area contributed by atoms with E-state index in [1.165, 1.54) is 0 Å². The molecule has 3 aromatic rings. The van der Waals surface area contributed by atoms with Crippen molar-refractivity contribution in [3.63, 3.8) is 0 Å². The summed E-state index contributed by atoms with van der Waals surface area (Å²) >= 11 is 5.00. The zero-order chi connectivity index (χ0) is 14.8. The highest BCUT2D eigenvalue weighted by molar-refractivity contribution is 9.10. The Hall–Kier alpha value is -1.92. The highest BCUT2D eigenvalue weighted by Gasteiger charge is 2.13. The van der Waals surface area contributed by atoms with Crippen molar-refractivity contribution in [1.29, 1.82) is 0 Å². The third-order valence-electron chi connectivity index (χ3n) is 3.04. The van der Waals surface area contributed by atoms with Crippen LogP contribution in [0, 0.1) is 6.92 Å². The molecule has 0 saturated carbocycles. The molecule has 0 unspecified atom stereocenters. The van der Waals surface area contributed by atoms with E-state index in [4.69, 9.17) is 0 Å². The highest BCUT2D eigenvalue weighted by atomic mass is 79.9. The maximum Gasteiger partial charge on any atom is 0.276 e. The Morgan fingerprint density at radius 2 is 2.19 bits per heavy atom. The van der Waals surface area contributed by atoms with Gasteiger partial charge in [0, 0.05) is 10.2 Å². The number of halogens is 1. The van der Waals surface area contributed by atoms with Crippen molar-refractivity contribution in [2.24, 2.45) is 0 Å². The summed E-state index contributed by atoms with van der Waals surface area (Å²) in [7, 11) is 0. The average Bonchev–Trinajstić information content (AvgIpc) is 3.12. The molecule has 21 heavy (non-hydrogen) atoms. The molecule has 0 spiro atoms. The van der Waals surface area contributed by atoms with Crippen LogP contribution in [0.5, 0.6) is 0 Å². The summed E-state index contributed by atoms with van der Waals surface area (Å²) < 4.78 is 0.921. The number of anilines is 1. The molecule has 0 aliphatic carbocycles. The zero-order valence-corrected chi connectivity index (χ0v) is 13.6. The number of aromatic nitrogens is 2. The summed E-state index contributed by atoms with van der Waals surface area (Å²) in [4.78, 5) is 13.3. The number of hydrogen-bond acceptors (Lipinski definition) is 3. The lowest BCUT2D eigenvalue weighted by Gasteiger charge is -2.07. The van der Waals surface area contributed by atoms with Crippen LogP contribution in [0.1, 0.15) is 16.1 Å². The van der Waals surface area contributed by atoms with Crippen molar-refractivity contribution in [1.82, 2.24) is 10.2 Å². The Balaban J connectivity index is 1.81. The second kappa shape index (κ2) is 5.83. The zero-order valence-electron chi connectivity index (χ0n) is 11.2. The topological polar surface area (TPSA) is 57.8 Å². The smallest absolute Gasteiger partial charge is 0.276 e. The van der Waals surface area contributed by atoms with Gasteiger partial charge < -0.3 is 5.32 Å². The minimum Gasteiger partial charge on any atom is -0.320 e. The number of aryl methyl sites for hydroxylation is 1. The number of nitrogens with one attached hydrogen (secondary N) is 2. The molecule has 0 fully saturated rings. The maximum atomic E-state index is 12.3. The minimum atomic E-state index is -0.227. The fourth-order valence-electron chi connectivity index (χ4n) is 1.91. The number of carbonyl (C=O) groups excluding carboxylic acids is 1. The first-order chi connectivity index (χ1) is 10.1. The molecule has 0 saturated heterocycles. The quantitative estimate of drug-likeness (QED) is 0.723. The molecule has 1 aromatic carbocycles. The van der Waals surface area contributed by atoms with E-state index < -0.39 is 0 Å². The molecule has 0 radical (unpaired) electrons. The van der Waals surface area contributed by atoms with E-state index in [0.717, 1.165) is 26.3 Å². The summed E-state index contributed by atoms with van der Waals surface area (Å²) in [6, 6.07) is 11.5. The molecular formula is C15H12BrN3OS. The van der Waals surface area contributed by atoms with E-state index >= 15 is 0 Å². The van der Waals surface area contributed by atoms with Crippen LogP contribution in [0.3, 0.4) is 0 Å². The molecular weight excluding hydrogens is 350 g/mol. The van der Waals surface area contributed by atoms with Gasteiger partial charge in [-0.25, -0.2) is 0 Å². The minimum absolute atomic E-state index is 0.227. The number of amides is 1. The molecule has 2 N–H and O–H groups in total. The lowest BCUT2D eigenvalue weighted by molar-refractivity contribution is 0.102. The molecule has 2 aromatic heterocycles. The van der Waals surface area contributed by atoms with Gasteiger partial charge in [-0.3, -0.25) is 9.89 Å². The van der Waals surface area contributed by atoms with Gasteiger partial charge in [0.2, 0.25) is 0 Å². The molecule has 4 nitrogen and oxygen atoms in total. The van der Waals surface area contributed by atoms with E-state index in [2.05, 4.69) is 31.4 Å². The van der Waals surface area contributed by atoms with E-state index in [1.807, 2.05) is 42.6 Å². The summed E-state index contributed by atoms with van der Waals surface area (Å²) in [6.45, 7) is 1.95. The van der Waals surface area contributed by atoms with Crippen LogP contribution in [0.4, 0.5) is 5.69 Å². The number of aromatic amines is 1. The monoisotopic (exact) mass is 361 g/mol. The Bertz CT molecular complexity index is 780.